The zero-order chi connectivity index (χ0) is 15.2. The molecule has 0 fully saturated rings. The number of anilines is 1. The summed E-state index contributed by atoms with van der Waals surface area (Å²) < 4.78 is 0. The summed E-state index contributed by atoms with van der Waals surface area (Å²) in [5.74, 6) is -1.31. The van der Waals surface area contributed by atoms with Crippen LogP contribution in [0.25, 0.3) is 0 Å². The number of hydrogen-bond acceptors (Lipinski definition) is 4. The lowest BCUT2D eigenvalue weighted by molar-refractivity contribution is -0.385. The van der Waals surface area contributed by atoms with Gasteiger partial charge in [0.2, 0.25) is 0 Å². The minimum absolute atomic E-state index is 0.311. The van der Waals surface area contributed by atoms with Crippen molar-refractivity contribution in [1.29, 1.82) is 0 Å². The van der Waals surface area contributed by atoms with E-state index in [0.717, 1.165) is 12.0 Å². The molecule has 0 spiro atoms. The van der Waals surface area contributed by atoms with E-state index in [1.54, 1.807) is 0 Å². The Hall–Kier alpha value is -2.89. The lowest BCUT2D eigenvalue weighted by Crippen LogP contribution is -2.07. The summed E-state index contributed by atoms with van der Waals surface area (Å²) in [6.45, 7) is 0.605. The van der Waals surface area contributed by atoms with Crippen molar-refractivity contribution in [2.75, 3.05) is 11.9 Å². The number of nitrogens with zero attached hydrogens (tertiary/aromatic N) is 1. The van der Waals surface area contributed by atoms with Crippen molar-refractivity contribution in [3.05, 3.63) is 69.8 Å². The van der Waals surface area contributed by atoms with Crippen molar-refractivity contribution in [1.82, 2.24) is 0 Å². The first-order chi connectivity index (χ1) is 10.1. The highest BCUT2D eigenvalue weighted by atomic mass is 16.6. The molecule has 2 aromatic carbocycles. The molecule has 2 N–H and O–H groups in total. The first-order valence-corrected chi connectivity index (χ1v) is 6.37. The van der Waals surface area contributed by atoms with Crippen LogP contribution in [0.1, 0.15) is 15.9 Å². The molecule has 21 heavy (non-hydrogen) atoms. The van der Waals surface area contributed by atoms with E-state index in [4.69, 9.17) is 5.11 Å². The van der Waals surface area contributed by atoms with Crippen LogP contribution < -0.4 is 5.32 Å². The Morgan fingerprint density at radius 3 is 2.52 bits per heavy atom. The van der Waals surface area contributed by atoms with Crippen molar-refractivity contribution in [2.24, 2.45) is 0 Å². The predicted octanol–water partition coefficient (Wildman–Crippen LogP) is 2.95. The van der Waals surface area contributed by atoms with E-state index in [9.17, 15) is 14.9 Å². The highest BCUT2D eigenvalue weighted by molar-refractivity contribution is 5.93. The smallest absolute Gasteiger partial charge is 0.342 e. The molecule has 0 heterocycles. The van der Waals surface area contributed by atoms with Crippen molar-refractivity contribution in [3.63, 3.8) is 0 Å². The second kappa shape index (κ2) is 6.51. The number of nitrogens with one attached hydrogen (secondary N) is 1. The van der Waals surface area contributed by atoms with Crippen molar-refractivity contribution in [3.8, 4) is 0 Å². The Kier molecular flexibility index (Phi) is 4.50. The summed E-state index contributed by atoms with van der Waals surface area (Å²) in [5, 5.41) is 22.9. The standard InChI is InChI=1S/C15H14N2O4/c18-15(19)13-7-6-12(10-14(13)17(20)21)16-9-8-11-4-2-1-3-5-11/h1-7,10,16H,8-9H2,(H,18,19). The summed E-state index contributed by atoms with van der Waals surface area (Å²) in [6.07, 6.45) is 0.773. The minimum atomic E-state index is -1.31. The second-order valence-electron chi connectivity index (χ2n) is 4.46. The number of nitro benzene ring substituents is 1. The zero-order valence-corrected chi connectivity index (χ0v) is 11.2. The van der Waals surface area contributed by atoms with E-state index in [2.05, 4.69) is 5.32 Å². The van der Waals surface area contributed by atoms with Crippen LogP contribution in [0, 0.1) is 10.1 Å². The fourth-order valence-electron chi connectivity index (χ4n) is 1.97. The van der Waals surface area contributed by atoms with E-state index < -0.39 is 16.6 Å². The third-order valence-electron chi connectivity index (χ3n) is 3.01. The normalized spacial score (nSPS) is 10.1. The number of aromatic carboxylic acids is 1. The Morgan fingerprint density at radius 2 is 1.90 bits per heavy atom. The minimum Gasteiger partial charge on any atom is -0.477 e. The molecule has 0 aliphatic rings. The maximum absolute atomic E-state index is 10.9. The Balaban J connectivity index is 2.05. The summed E-state index contributed by atoms with van der Waals surface area (Å²) in [6, 6.07) is 13.8. The van der Waals surface area contributed by atoms with Crippen LogP contribution in [0.15, 0.2) is 48.5 Å². The van der Waals surface area contributed by atoms with E-state index >= 15 is 0 Å². The highest BCUT2D eigenvalue weighted by Gasteiger charge is 2.19. The van der Waals surface area contributed by atoms with Gasteiger partial charge in [-0.25, -0.2) is 4.79 Å². The molecule has 0 saturated carbocycles. The molecule has 0 radical (unpaired) electrons. The van der Waals surface area contributed by atoms with E-state index in [0.29, 0.717) is 12.2 Å². The van der Waals surface area contributed by atoms with Crippen LogP contribution in [0.5, 0.6) is 0 Å². The van der Waals surface area contributed by atoms with Crippen LogP contribution in [0.4, 0.5) is 11.4 Å². The molecule has 0 unspecified atom stereocenters. The van der Waals surface area contributed by atoms with Crippen LogP contribution in [0.3, 0.4) is 0 Å². The SMILES string of the molecule is O=C(O)c1ccc(NCCc2ccccc2)cc1[N+](=O)[O-]. The third kappa shape index (κ3) is 3.79. The molecular formula is C15H14N2O4. The number of benzene rings is 2. The van der Waals surface area contributed by atoms with Gasteiger partial charge in [0, 0.05) is 18.3 Å². The second-order valence-corrected chi connectivity index (χ2v) is 4.46. The van der Waals surface area contributed by atoms with Gasteiger partial charge >= 0.3 is 5.97 Å². The number of rotatable bonds is 6. The molecule has 0 bridgehead atoms. The quantitative estimate of drug-likeness (QED) is 0.629. The third-order valence-corrected chi connectivity index (χ3v) is 3.01. The fraction of sp³-hybridized carbons (Fsp3) is 0.133. The van der Waals surface area contributed by atoms with Crippen molar-refractivity contribution >= 4 is 17.3 Å². The molecule has 2 rings (SSSR count). The van der Waals surface area contributed by atoms with Gasteiger partial charge in [-0.05, 0) is 24.1 Å². The number of carboxylic acid groups (broad SMARTS) is 1. The van der Waals surface area contributed by atoms with Gasteiger partial charge in [-0.3, -0.25) is 10.1 Å². The van der Waals surface area contributed by atoms with Gasteiger partial charge in [0.25, 0.3) is 5.69 Å². The first kappa shape index (κ1) is 14.5. The molecule has 0 aliphatic carbocycles. The number of carbonyl (C=O) groups is 1. The van der Waals surface area contributed by atoms with Crippen molar-refractivity contribution in [2.45, 2.75) is 6.42 Å². The van der Waals surface area contributed by atoms with Gasteiger partial charge in [-0.1, -0.05) is 30.3 Å². The van der Waals surface area contributed by atoms with Gasteiger partial charge in [-0.2, -0.15) is 0 Å². The van der Waals surface area contributed by atoms with E-state index in [1.807, 2.05) is 30.3 Å². The summed E-state index contributed by atoms with van der Waals surface area (Å²) in [7, 11) is 0. The molecule has 6 heteroatoms. The Bertz CT molecular complexity index is 656. The average molecular weight is 286 g/mol. The van der Waals surface area contributed by atoms with Gasteiger partial charge < -0.3 is 10.4 Å². The van der Waals surface area contributed by atoms with E-state index in [1.165, 1.54) is 18.2 Å². The lowest BCUT2D eigenvalue weighted by Gasteiger charge is -2.07. The summed E-state index contributed by atoms with van der Waals surface area (Å²) in [5.41, 5.74) is 0.963. The predicted molar refractivity (Wildman–Crippen MR) is 78.7 cm³/mol. The molecule has 6 nitrogen and oxygen atoms in total. The van der Waals surface area contributed by atoms with Gasteiger partial charge in [0.15, 0.2) is 0 Å². The van der Waals surface area contributed by atoms with E-state index in [-0.39, 0.29) is 5.56 Å². The van der Waals surface area contributed by atoms with Gasteiger partial charge in [-0.15, -0.1) is 0 Å². The summed E-state index contributed by atoms with van der Waals surface area (Å²) in [4.78, 5) is 21.1. The van der Waals surface area contributed by atoms with Crippen molar-refractivity contribution < 1.29 is 14.8 Å². The highest BCUT2D eigenvalue weighted by Crippen LogP contribution is 2.23. The van der Waals surface area contributed by atoms with Crippen LogP contribution in [0.2, 0.25) is 0 Å². The molecular weight excluding hydrogens is 272 g/mol. The van der Waals surface area contributed by atoms with Crippen LogP contribution >= 0.6 is 0 Å². The van der Waals surface area contributed by atoms with Gasteiger partial charge in [0.05, 0.1) is 4.92 Å². The average Bonchev–Trinajstić information content (AvgIpc) is 2.48. The molecule has 0 aliphatic heterocycles. The number of nitro groups is 1. The maximum Gasteiger partial charge on any atom is 0.342 e. The largest absolute Gasteiger partial charge is 0.477 e. The first-order valence-electron chi connectivity index (χ1n) is 6.37. The Morgan fingerprint density at radius 1 is 1.19 bits per heavy atom. The monoisotopic (exact) mass is 286 g/mol. The molecule has 0 atom stereocenters. The molecule has 0 aromatic heterocycles. The molecule has 0 amide bonds. The Labute approximate surface area is 121 Å². The van der Waals surface area contributed by atoms with Gasteiger partial charge in [0.1, 0.15) is 5.56 Å². The van der Waals surface area contributed by atoms with Crippen LogP contribution in [-0.2, 0) is 6.42 Å². The molecule has 0 saturated heterocycles. The zero-order valence-electron chi connectivity index (χ0n) is 11.2. The maximum atomic E-state index is 10.9. The number of hydrogen-bond donors (Lipinski definition) is 2. The van der Waals surface area contributed by atoms with Crippen LogP contribution in [-0.4, -0.2) is 22.5 Å². The fourth-order valence-corrected chi connectivity index (χ4v) is 1.97. The molecule has 108 valence electrons. The lowest BCUT2D eigenvalue weighted by atomic mass is 10.1. The molecule has 2 aromatic rings. The summed E-state index contributed by atoms with van der Waals surface area (Å²) >= 11 is 0. The topological polar surface area (TPSA) is 92.5 Å². The number of carboxylic acids is 1.